The second-order valence-electron chi connectivity index (χ2n) is 7.93. The normalized spacial score (nSPS) is 13.5. The highest BCUT2D eigenvalue weighted by molar-refractivity contribution is 6.39. The molecule has 3 aromatic rings. The van der Waals surface area contributed by atoms with E-state index in [2.05, 4.69) is 11.1 Å². The van der Waals surface area contributed by atoms with Crippen LogP contribution in [0.1, 0.15) is 21.6 Å². The minimum absolute atomic E-state index is 0.181. The molecule has 11 heteroatoms. The third-order valence-corrected chi connectivity index (χ3v) is 6.61. The lowest BCUT2D eigenvalue weighted by Crippen LogP contribution is -2.49. The maximum absolute atomic E-state index is 13.3. The number of anilines is 1. The van der Waals surface area contributed by atoms with Gasteiger partial charge in [0.1, 0.15) is 6.07 Å². The van der Waals surface area contributed by atoms with Gasteiger partial charge in [-0.15, -0.1) is 0 Å². The van der Waals surface area contributed by atoms with Gasteiger partial charge in [-0.1, -0.05) is 46.9 Å². The third-order valence-electron chi connectivity index (χ3n) is 5.78. The van der Waals surface area contributed by atoms with E-state index in [1.165, 1.54) is 12.1 Å². The zero-order valence-corrected chi connectivity index (χ0v) is 20.7. The Bertz CT molecular complexity index is 1340. The van der Waals surface area contributed by atoms with Crippen LogP contribution in [0.5, 0.6) is 0 Å². The largest absolute Gasteiger partial charge is 0.366 e. The summed E-state index contributed by atoms with van der Waals surface area (Å²) in [5.41, 5.74) is 2.72. The third kappa shape index (κ3) is 5.03. The maximum atomic E-state index is 13.3. The van der Waals surface area contributed by atoms with E-state index in [0.717, 1.165) is 5.56 Å². The lowest BCUT2D eigenvalue weighted by Gasteiger charge is -2.37. The number of nitrogens with zero attached hydrogens (tertiary/aromatic N) is 5. The molecule has 0 saturated carbocycles. The fourth-order valence-corrected chi connectivity index (χ4v) is 4.84. The van der Waals surface area contributed by atoms with Gasteiger partial charge in [0.15, 0.2) is 0 Å². The van der Waals surface area contributed by atoms with Gasteiger partial charge in [0.2, 0.25) is 0 Å². The van der Waals surface area contributed by atoms with E-state index in [4.69, 9.17) is 34.8 Å². The first-order valence-corrected chi connectivity index (χ1v) is 11.7. The van der Waals surface area contributed by atoms with E-state index < -0.39 is 4.92 Å². The molecule has 2 heterocycles. The predicted octanol–water partition coefficient (Wildman–Crippen LogP) is 5.76. The molecule has 1 aromatic heterocycles. The minimum atomic E-state index is -0.553. The number of nitro groups is 1. The fraction of sp³-hybridized carbons (Fsp3) is 0.208. The molecular formula is C24H18Cl3N5O3. The molecule has 4 rings (SSSR count). The average molecular weight is 531 g/mol. The lowest BCUT2D eigenvalue weighted by atomic mass is 10.0. The SMILES string of the molecule is Cc1nc(-c2ccc(Cl)cc2)c(C#N)cc1C(=O)N1CCN(c2c(Cl)cc([N+](=O)[O-])cc2Cl)CC1. The summed E-state index contributed by atoms with van der Waals surface area (Å²) < 4.78 is 0. The molecule has 178 valence electrons. The average Bonchev–Trinajstić information content (AvgIpc) is 2.84. The molecular weight excluding hydrogens is 513 g/mol. The van der Waals surface area contributed by atoms with Crippen LogP contribution in [0.15, 0.2) is 42.5 Å². The second kappa shape index (κ2) is 10.1. The number of carbonyl (C=O) groups is 1. The summed E-state index contributed by atoms with van der Waals surface area (Å²) in [5, 5.41) is 21.7. The highest BCUT2D eigenvalue weighted by Crippen LogP contribution is 2.38. The Hall–Kier alpha value is -3.38. The van der Waals surface area contributed by atoms with Crippen LogP contribution < -0.4 is 4.90 Å². The van der Waals surface area contributed by atoms with Crippen LogP contribution in [-0.4, -0.2) is 46.9 Å². The molecule has 2 aromatic carbocycles. The molecule has 35 heavy (non-hydrogen) atoms. The number of piperazine rings is 1. The van der Waals surface area contributed by atoms with Crippen molar-refractivity contribution >= 4 is 52.1 Å². The van der Waals surface area contributed by atoms with Crippen LogP contribution >= 0.6 is 34.8 Å². The minimum Gasteiger partial charge on any atom is -0.366 e. The van der Waals surface area contributed by atoms with E-state index in [9.17, 15) is 20.2 Å². The molecule has 0 N–H and O–H groups in total. The molecule has 8 nitrogen and oxygen atoms in total. The Kier molecular flexibility index (Phi) is 7.13. The van der Waals surface area contributed by atoms with E-state index in [-0.39, 0.29) is 21.6 Å². The van der Waals surface area contributed by atoms with Crippen molar-refractivity contribution in [3.63, 3.8) is 0 Å². The van der Waals surface area contributed by atoms with Gasteiger partial charge in [0.05, 0.1) is 43.2 Å². The predicted molar refractivity (Wildman–Crippen MR) is 135 cm³/mol. The molecule has 0 bridgehead atoms. The van der Waals surface area contributed by atoms with E-state index >= 15 is 0 Å². The summed E-state index contributed by atoms with van der Waals surface area (Å²) in [6.07, 6.45) is 0. The first-order chi connectivity index (χ1) is 16.7. The zero-order valence-electron chi connectivity index (χ0n) is 18.5. The Morgan fingerprint density at radius 1 is 1.06 bits per heavy atom. The lowest BCUT2D eigenvalue weighted by molar-refractivity contribution is -0.384. The number of rotatable bonds is 4. The molecule has 1 amide bonds. The number of benzene rings is 2. The van der Waals surface area contributed by atoms with Crippen molar-refractivity contribution in [1.82, 2.24) is 9.88 Å². The number of aromatic nitrogens is 1. The summed E-state index contributed by atoms with van der Waals surface area (Å²) in [5.74, 6) is -0.227. The van der Waals surface area contributed by atoms with Crippen LogP contribution in [0, 0.1) is 28.4 Å². The molecule has 0 unspecified atom stereocenters. The fourth-order valence-electron chi connectivity index (χ4n) is 4.00. The number of hydrogen-bond acceptors (Lipinski definition) is 6. The van der Waals surface area contributed by atoms with Crippen LogP contribution in [0.2, 0.25) is 15.1 Å². The number of hydrogen-bond donors (Lipinski definition) is 0. The van der Waals surface area contributed by atoms with Crippen molar-refractivity contribution in [3.8, 4) is 17.3 Å². The number of amides is 1. The molecule has 0 aliphatic carbocycles. The van der Waals surface area contributed by atoms with Crippen molar-refractivity contribution in [3.05, 3.63) is 84.5 Å². The van der Waals surface area contributed by atoms with E-state index in [1.54, 1.807) is 42.2 Å². The highest BCUT2D eigenvalue weighted by atomic mass is 35.5. The second-order valence-corrected chi connectivity index (χ2v) is 9.18. The number of carbonyl (C=O) groups excluding carboxylic acids is 1. The van der Waals surface area contributed by atoms with Gasteiger partial charge in [-0.25, -0.2) is 0 Å². The summed E-state index contributed by atoms with van der Waals surface area (Å²) in [6.45, 7) is 3.36. The summed E-state index contributed by atoms with van der Waals surface area (Å²) in [6, 6.07) is 13.2. The number of nitro benzene ring substituents is 1. The molecule has 1 aliphatic heterocycles. The topological polar surface area (TPSA) is 103 Å². The highest BCUT2D eigenvalue weighted by Gasteiger charge is 2.27. The van der Waals surface area contributed by atoms with Crippen LogP contribution in [0.3, 0.4) is 0 Å². The van der Waals surface area contributed by atoms with Crippen LogP contribution in [0.25, 0.3) is 11.3 Å². The van der Waals surface area contributed by atoms with Gasteiger partial charge in [-0.05, 0) is 25.1 Å². The first-order valence-electron chi connectivity index (χ1n) is 10.5. The molecule has 1 fully saturated rings. The molecule has 0 radical (unpaired) electrons. The maximum Gasteiger partial charge on any atom is 0.272 e. The zero-order chi connectivity index (χ0) is 25.3. The standard InChI is InChI=1S/C24H18Cl3N5O3/c1-14-19(10-16(13-28)22(29-14)15-2-4-17(25)5-3-15)24(33)31-8-6-30(7-9-31)23-20(26)11-18(32(34)35)12-21(23)27/h2-5,10-12H,6-9H2,1H3. The molecule has 0 spiro atoms. The summed E-state index contributed by atoms with van der Waals surface area (Å²) in [7, 11) is 0. The van der Waals surface area contributed by atoms with Gasteiger partial charge < -0.3 is 9.80 Å². The Labute approximate surface area is 216 Å². The van der Waals surface area contributed by atoms with Crippen molar-refractivity contribution in [2.45, 2.75) is 6.92 Å². The van der Waals surface area contributed by atoms with Gasteiger partial charge >= 0.3 is 0 Å². The Balaban J connectivity index is 1.54. The Morgan fingerprint density at radius 3 is 2.20 bits per heavy atom. The Morgan fingerprint density at radius 2 is 1.66 bits per heavy atom. The number of non-ortho nitro benzene ring substituents is 1. The smallest absolute Gasteiger partial charge is 0.272 e. The van der Waals surface area contributed by atoms with Crippen molar-refractivity contribution in [1.29, 1.82) is 5.26 Å². The number of aryl methyl sites for hydroxylation is 1. The van der Waals surface area contributed by atoms with E-state index in [0.29, 0.717) is 59.4 Å². The number of pyridine rings is 1. The van der Waals surface area contributed by atoms with Crippen LogP contribution in [-0.2, 0) is 0 Å². The van der Waals surface area contributed by atoms with Gasteiger partial charge in [0, 0.05) is 48.9 Å². The first kappa shape index (κ1) is 24.7. The number of halogens is 3. The van der Waals surface area contributed by atoms with Gasteiger partial charge in [-0.3, -0.25) is 19.9 Å². The molecule has 0 atom stereocenters. The van der Waals surface area contributed by atoms with Crippen molar-refractivity contribution in [2.24, 2.45) is 0 Å². The summed E-state index contributed by atoms with van der Waals surface area (Å²) >= 11 is 18.5. The van der Waals surface area contributed by atoms with Gasteiger partial charge in [0.25, 0.3) is 11.6 Å². The monoisotopic (exact) mass is 529 g/mol. The number of nitriles is 1. The summed E-state index contributed by atoms with van der Waals surface area (Å²) in [4.78, 5) is 31.9. The van der Waals surface area contributed by atoms with Crippen LogP contribution in [0.4, 0.5) is 11.4 Å². The molecule has 1 saturated heterocycles. The molecule has 1 aliphatic rings. The van der Waals surface area contributed by atoms with Gasteiger partial charge in [-0.2, -0.15) is 5.26 Å². The van der Waals surface area contributed by atoms with Crippen molar-refractivity contribution in [2.75, 3.05) is 31.1 Å². The van der Waals surface area contributed by atoms with E-state index in [1.807, 2.05) is 4.90 Å². The quantitative estimate of drug-likeness (QED) is 0.314. The van der Waals surface area contributed by atoms with Crippen molar-refractivity contribution < 1.29 is 9.72 Å².